The van der Waals surface area contributed by atoms with E-state index in [1.807, 2.05) is 0 Å². The van der Waals surface area contributed by atoms with Gasteiger partial charge in [-0.3, -0.25) is 4.68 Å². The molecule has 0 fully saturated rings. The van der Waals surface area contributed by atoms with Gasteiger partial charge in [0.2, 0.25) is 0 Å². The van der Waals surface area contributed by atoms with Gasteiger partial charge in [-0.25, -0.2) is 0 Å². The monoisotopic (exact) mass is 224 g/mol. The van der Waals surface area contributed by atoms with Crippen molar-refractivity contribution in [1.82, 2.24) is 9.78 Å². The molecule has 1 heterocycles. The summed E-state index contributed by atoms with van der Waals surface area (Å²) in [5, 5.41) is 13.8. The molecular weight excluding hydrogens is 200 g/mol. The third-order valence-electron chi connectivity index (χ3n) is 3.31. The molecule has 0 aliphatic rings. The Morgan fingerprint density at radius 3 is 2.44 bits per heavy atom. The van der Waals surface area contributed by atoms with E-state index in [-0.39, 0.29) is 6.61 Å². The Balaban J connectivity index is 2.63. The number of nitrogens with zero attached hydrogens (tertiary/aromatic N) is 2. The first kappa shape index (κ1) is 13.2. The van der Waals surface area contributed by atoms with Gasteiger partial charge in [0.1, 0.15) is 0 Å². The molecule has 0 saturated carbocycles. The molecule has 1 aromatic rings. The van der Waals surface area contributed by atoms with E-state index >= 15 is 0 Å². The Morgan fingerprint density at radius 2 is 1.94 bits per heavy atom. The van der Waals surface area contributed by atoms with Crippen LogP contribution in [0.15, 0.2) is 12.3 Å². The van der Waals surface area contributed by atoms with Crippen LogP contribution in [0.3, 0.4) is 0 Å². The number of aliphatic hydroxyl groups excluding tert-OH is 1. The summed E-state index contributed by atoms with van der Waals surface area (Å²) in [6.45, 7) is 6.75. The highest BCUT2D eigenvalue weighted by Gasteiger charge is 2.11. The van der Waals surface area contributed by atoms with Crippen LogP contribution >= 0.6 is 0 Å². The highest BCUT2D eigenvalue weighted by molar-refractivity contribution is 5.01. The molecule has 0 bridgehead atoms. The molecule has 92 valence electrons. The van der Waals surface area contributed by atoms with E-state index in [2.05, 4.69) is 42.8 Å². The summed E-state index contributed by atoms with van der Waals surface area (Å²) in [5.74, 6) is 0.352. The van der Waals surface area contributed by atoms with Crippen molar-refractivity contribution in [2.45, 2.75) is 52.5 Å². The van der Waals surface area contributed by atoms with Crippen molar-refractivity contribution in [2.75, 3.05) is 6.61 Å². The summed E-state index contributed by atoms with van der Waals surface area (Å²) in [6, 6.07) is 2.60. The minimum Gasteiger partial charge on any atom is -0.396 e. The van der Waals surface area contributed by atoms with Crippen molar-refractivity contribution < 1.29 is 5.11 Å². The second kappa shape index (κ2) is 6.69. The smallest absolute Gasteiger partial charge is 0.0628 e. The van der Waals surface area contributed by atoms with Gasteiger partial charge >= 0.3 is 0 Å². The van der Waals surface area contributed by atoms with Crippen molar-refractivity contribution in [3.63, 3.8) is 0 Å². The first-order valence-electron chi connectivity index (χ1n) is 6.39. The average molecular weight is 224 g/mol. The van der Waals surface area contributed by atoms with Crippen LogP contribution in [0.4, 0.5) is 0 Å². The maximum Gasteiger partial charge on any atom is 0.0628 e. The SMILES string of the molecule is CCC(CO)Cc1ccn(C(CC)CC)n1. The molecule has 1 unspecified atom stereocenters. The summed E-state index contributed by atoms with van der Waals surface area (Å²) >= 11 is 0. The van der Waals surface area contributed by atoms with Crippen molar-refractivity contribution in [3.05, 3.63) is 18.0 Å². The van der Waals surface area contributed by atoms with Gasteiger partial charge < -0.3 is 5.11 Å². The van der Waals surface area contributed by atoms with E-state index in [9.17, 15) is 0 Å². The third-order valence-corrected chi connectivity index (χ3v) is 3.31. The van der Waals surface area contributed by atoms with E-state index < -0.39 is 0 Å². The van der Waals surface area contributed by atoms with Gasteiger partial charge in [-0.2, -0.15) is 5.10 Å². The highest BCUT2D eigenvalue weighted by Crippen LogP contribution is 2.16. The van der Waals surface area contributed by atoms with Crippen LogP contribution < -0.4 is 0 Å². The molecule has 3 heteroatoms. The fourth-order valence-corrected chi connectivity index (χ4v) is 1.99. The van der Waals surface area contributed by atoms with Crippen LogP contribution in [-0.4, -0.2) is 21.5 Å². The molecule has 3 nitrogen and oxygen atoms in total. The molecule has 0 aliphatic heterocycles. The third kappa shape index (κ3) is 3.34. The predicted molar refractivity (Wildman–Crippen MR) is 66.4 cm³/mol. The predicted octanol–water partition coefficient (Wildman–Crippen LogP) is 2.81. The molecule has 0 aliphatic carbocycles. The second-order valence-corrected chi connectivity index (χ2v) is 4.42. The minimum atomic E-state index is 0.258. The van der Waals surface area contributed by atoms with E-state index in [1.165, 1.54) is 0 Å². The zero-order valence-corrected chi connectivity index (χ0v) is 10.7. The van der Waals surface area contributed by atoms with Crippen LogP contribution in [-0.2, 0) is 6.42 Å². The summed E-state index contributed by atoms with van der Waals surface area (Å²) in [4.78, 5) is 0. The first-order chi connectivity index (χ1) is 7.74. The number of hydrogen-bond donors (Lipinski definition) is 1. The first-order valence-corrected chi connectivity index (χ1v) is 6.39. The second-order valence-electron chi connectivity index (χ2n) is 4.42. The number of rotatable bonds is 7. The van der Waals surface area contributed by atoms with Gasteiger partial charge in [0.25, 0.3) is 0 Å². The normalized spacial score (nSPS) is 13.3. The Hall–Kier alpha value is -0.830. The van der Waals surface area contributed by atoms with Crippen LogP contribution in [0.5, 0.6) is 0 Å². The summed E-state index contributed by atoms with van der Waals surface area (Å²) in [7, 11) is 0. The van der Waals surface area contributed by atoms with Crippen LogP contribution in [0, 0.1) is 5.92 Å². The van der Waals surface area contributed by atoms with Gasteiger partial charge in [-0.1, -0.05) is 27.2 Å². The van der Waals surface area contributed by atoms with E-state index in [1.54, 1.807) is 0 Å². The molecule has 16 heavy (non-hydrogen) atoms. The lowest BCUT2D eigenvalue weighted by Crippen LogP contribution is -2.11. The van der Waals surface area contributed by atoms with Crippen molar-refractivity contribution in [3.8, 4) is 0 Å². The fourth-order valence-electron chi connectivity index (χ4n) is 1.99. The maximum atomic E-state index is 9.16. The largest absolute Gasteiger partial charge is 0.396 e. The molecule has 1 rings (SSSR count). The number of aliphatic hydroxyl groups is 1. The quantitative estimate of drug-likeness (QED) is 0.773. The lowest BCUT2D eigenvalue weighted by molar-refractivity contribution is 0.221. The van der Waals surface area contributed by atoms with Crippen LogP contribution in [0.2, 0.25) is 0 Å². The average Bonchev–Trinajstić information content (AvgIpc) is 2.76. The van der Waals surface area contributed by atoms with Crippen LogP contribution in [0.25, 0.3) is 0 Å². The summed E-state index contributed by atoms with van der Waals surface area (Å²) in [5.41, 5.74) is 1.10. The fraction of sp³-hybridized carbons (Fsp3) is 0.769. The Kier molecular flexibility index (Phi) is 5.53. The minimum absolute atomic E-state index is 0.258. The maximum absolute atomic E-state index is 9.16. The van der Waals surface area contributed by atoms with Crippen LogP contribution in [0.1, 0.15) is 51.8 Å². The molecule has 1 aromatic heterocycles. The zero-order valence-electron chi connectivity index (χ0n) is 10.7. The Labute approximate surface area is 98.5 Å². The summed E-state index contributed by atoms with van der Waals surface area (Å²) < 4.78 is 2.07. The topological polar surface area (TPSA) is 38.0 Å². The van der Waals surface area contributed by atoms with Gasteiger partial charge in [0.05, 0.1) is 11.7 Å². The molecule has 1 atom stereocenters. The Morgan fingerprint density at radius 1 is 1.25 bits per heavy atom. The lowest BCUT2D eigenvalue weighted by atomic mass is 10.0. The lowest BCUT2D eigenvalue weighted by Gasteiger charge is -2.13. The number of hydrogen-bond acceptors (Lipinski definition) is 2. The molecule has 0 spiro atoms. The summed E-state index contributed by atoms with van der Waals surface area (Å²) in [6.07, 6.45) is 6.20. The van der Waals surface area contributed by atoms with E-state index in [0.29, 0.717) is 12.0 Å². The molecule has 0 saturated heterocycles. The van der Waals surface area contributed by atoms with Gasteiger partial charge in [0.15, 0.2) is 0 Å². The van der Waals surface area contributed by atoms with Crippen molar-refractivity contribution in [2.24, 2.45) is 5.92 Å². The molecule has 0 amide bonds. The molecule has 1 N–H and O–H groups in total. The van der Waals surface area contributed by atoms with Crippen molar-refractivity contribution in [1.29, 1.82) is 0 Å². The number of aromatic nitrogens is 2. The molecule has 0 radical (unpaired) electrons. The van der Waals surface area contributed by atoms with Gasteiger partial charge in [0, 0.05) is 12.8 Å². The highest BCUT2D eigenvalue weighted by atomic mass is 16.3. The van der Waals surface area contributed by atoms with Gasteiger partial charge in [-0.15, -0.1) is 0 Å². The zero-order chi connectivity index (χ0) is 12.0. The van der Waals surface area contributed by atoms with Crippen molar-refractivity contribution >= 4 is 0 Å². The van der Waals surface area contributed by atoms with Gasteiger partial charge in [-0.05, 0) is 31.2 Å². The molecular formula is C13H24N2O. The van der Waals surface area contributed by atoms with E-state index in [0.717, 1.165) is 31.4 Å². The Bertz CT molecular complexity index is 288. The standard InChI is InChI=1S/C13H24N2O/c1-4-11(10-16)9-12-7-8-15(14-12)13(5-2)6-3/h7-8,11,13,16H,4-6,9-10H2,1-3H3. The van der Waals surface area contributed by atoms with E-state index in [4.69, 9.17) is 5.11 Å². The molecule has 0 aromatic carbocycles.